The second-order valence-electron chi connectivity index (χ2n) is 15.4. The van der Waals surface area contributed by atoms with Crippen molar-refractivity contribution in [1.82, 2.24) is 9.88 Å². The SMILES string of the molecule is CCCCCCCCCCCCCCCCCC(=O)Nc1ccc(OC)c(NC(=O)C(C(=O)c2sc(N(C)C)nc2-c2ccccc2)N2C(=O)OC(C)(C)C2=O)c1. The van der Waals surface area contributed by atoms with Crippen LogP contribution in [-0.2, 0) is 19.1 Å². The molecule has 1 aliphatic heterocycles. The van der Waals surface area contributed by atoms with Crippen LogP contribution in [0.3, 0.4) is 0 Å². The molecule has 2 heterocycles. The van der Waals surface area contributed by atoms with Crippen molar-refractivity contribution >= 4 is 57.4 Å². The molecule has 1 saturated heterocycles. The van der Waals surface area contributed by atoms with E-state index in [1.54, 1.807) is 55.4 Å². The van der Waals surface area contributed by atoms with Gasteiger partial charge in [-0.25, -0.2) is 14.7 Å². The van der Waals surface area contributed by atoms with Crippen molar-refractivity contribution in [3.63, 3.8) is 0 Å². The minimum Gasteiger partial charge on any atom is -0.495 e. The maximum Gasteiger partial charge on any atom is 0.418 e. The number of nitrogens with one attached hydrogen (secondary N) is 2. The molecule has 0 aliphatic carbocycles. The van der Waals surface area contributed by atoms with E-state index in [4.69, 9.17) is 9.47 Å². The lowest BCUT2D eigenvalue weighted by atomic mass is 10.0. The number of carbonyl (C=O) groups is 5. The number of Topliss-reactive ketones (excluding diaryl/α,β-unsaturated/α-hetero) is 1. The summed E-state index contributed by atoms with van der Waals surface area (Å²) in [6, 6.07) is 11.8. The van der Waals surface area contributed by atoms with E-state index in [9.17, 15) is 24.0 Å². The van der Waals surface area contributed by atoms with Gasteiger partial charge in [0.05, 0.1) is 18.5 Å². The first-order chi connectivity index (χ1) is 27.4. The first kappa shape index (κ1) is 44.9. The number of carbonyl (C=O) groups excluding carboxylic acids is 5. The molecule has 4 rings (SSSR count). The van der Waals surface area contributed by atoms with E-state index < -0.39 is 35.3 Å². The highest BCUT2D eigenvalue weighted by molar-refractivity contribution is 7.18. The Hall–Kier alpha value is -4.78. The molecule has 12 nitrogen and oxygen atoms in total. The lowest BCUT2D eigenvalue weighted by molar-refractivity contribution is -0.137. The highest BCUT2D eigenvalue weighted by atomic mass is 32.1. The van der Waals surface area contributed by atoms with Crippen molar-refractivity contribution in [2.45, 2.75) is 135 Å². The highest BCUT2D eigenvalue weighted by Gasteiger charge is 2.54. The van der Waals surface area contributed by atoms with E-state index in [0.717, 1.165) is 30.6 Å². The summed E-state index contributed by atoms with van der Waals surface area (Å²) in [7, 11) is 4.96. The van der Waals surface area contributed by atoms with Gasteiger partial charge in [-0.1, -0.05) is 138 Å². The van der Waals surface area contributed by atoms with Gasteiger partial charge in [0.15, 0.2) is 16.8 Å². The number of cyclic esters (lactones) is 1. The van der Waals surface area contributed by atoms with E-state index >= 15 is 0 Å². The molecule has 1 fully saturated rings. The van der Waals surface area contributed by atoms with Gasteiger partial charge in [-0.15, -0.1) is 0 Å². The number of amides is 4. The molecule has 1 atom stereocenters. The van der Waals surface area contributed by atoms with Gasteiger partial charge in [-0.05, 0) is 38.5 Å². The molecule has 2 aromatic carbocycles. The van der Waals surface area contributed by atoms with Gasteiger partial charge in [0.1, 0.15) is 10.6 Å². The molecule has 310 valence electrons. The van der Waals surface area contributed by atoms with Gasteiger partial charge in [-0.2, -0.15) is 0 Å². The fraction of sp³-hybridized carbons (Fsp3) is 0.545. The molecule has 1 aromatic heterocycles. The van der Waals surface area contributed by atoms with Crippen molar-refractivity contribution in [3.05, 3.63) is 53.4 Å². The summed E-state index contributed by atoms with van der Waals surface area (Å²) < 4.78 is 10.8. The predicted molar refractivity (Wildman–Crippen MR) is 227 cm³/mol. The molecule has 0 spiro atoms. The fourth-order valence-electron chi connectivity index (χ4n) is 6.81. The summed E-state index contributed by atoms with van der Waals surface area (Å²) in [4.78, 5) is 75.5. The Kier molecular flexibility index (Phi) is 17.5. The van der Waals surface area contributed by atoms with Gasteiger partial charge in [0.2, 0.25) is 11.7 Å². The van der Waals surface area contributed by atoms with Crippen LogP contribution < -0.4 is 20.3 Å². The molecule has 57 heavy (non-hydrogen) atoms. The van der Waals surface area contributed by atoms with Crippen molar-refractivity contribution in [2.75, 3.05) is 36.7 Å². The molecule has 1 unspecified atom stereocenters. The van der Waals surface area contributed by atoms with E-state index in [2.05, 4.69) is 22.5 Å². The third-order valence-electron chi connectivity index (χ3n) is 10.0. The number of benzene rings is 2. The predicted octanol–water partition coefficient (Wildman–Crippen LogP) is 10.0. The van der Waals surface area contributed by atoms with Crippen LogP contribution in [0.5, 0.6) is 5.75 Å². The zero-order valence-corrected chi connectivity index (χ0v) is 35.4. The monoisotopic (exact) mass is 803 g/mol. The quantitative estimate of drug-likeness (QED) is 0.0485. The third kappa shape index (κ3) is 12.9. The van der Waals surface area contributed by atoms with Crippen LogP contribution in [0.15, 0.2) is 48.5 Å². The van der Waals surface area contributed by atoms with Gasteiger partial charge in [-0.3, -0.25) is 19.2 Å². The molecule has 0 radical (unpaired) electrons. The normalized spacial score (nSPS) is 14.0. The van der Waals surface area contributed by atoms with Crippen LogP contribution in [0, 0.1) is 0 Å². The summed E-state index contributed by atoms with van der Waals surface area (Å²) >= 11 is 1.04. The smallest absolute Gasteiger partial charge is 0.418 e. The number of rotatable bonds is 25. The Morgan fingerprint density at radius 2 is 1.42 bits per heavy atom. The summed E-state index contributed by atoms with van der Waals surface area (Å²) in [6.07, 6.45) is 17.9. The molecule has 3 aromatic rings. The lowest BCUT2D eigenvalue weighted by Gasteiger charge is -2.23. The van der Waals surface area contributed by atoms with Crippen molar-refractivity contribution in [1.29, 1.82) is 0 Å². The van der Waals surface area contributed by atoms with Crippen molar-refractivity contribution < 1.29 is 33.4 Å². The maximum absolute atomic E-state index is 14.5. The summed E-state index contributed by atoms with van der Waals surface area (Å²) in [5.74, 6) is -2.55. The molecular formula is C44H61N5O7S. The summed E-state index contributed by atoms with van der Waals surface area (Å²) in [5, 5.41) is 6.07. The second-order valence-corrected chi connectivity index (χ2v) is 16.4. The van der Waals surface area contributed by atoms with Crippen LogP contribution in [0.2, 0.25) is 0 Å². The molecule has 0 saturated carbocycles. The number of ether oxygens (including phenoxy) is 2. The van der Waals surface area contributed by atoms with E-state index in [-0.39, 0.29) is 22.2 Å². The van der Waals surface area contributed by atoms with Crippen LogP contribution in [0.4, 0.5) is 21.3 Å². The second kappa shape index (κ2) is 22.2. The van der Waals surface area contributed by atoms with E-state index in [0.29, 0.717) is 33.4 Å². The number of ketones is 1. The molecular weight excluding hydrogens is 743 g/mol. The number of nitrogens with zero attached hydrogens (tertiary/aromatic N) is 3. The Morgan fingerprint density at radius 1 is 0.842 bits per heavy atom. The zero-order chi connectivity index (χ0) is 41.4. The fourth-order valence-corrected chi connectivity index (χ4v) is 7.78. The first-order valence-corrected chi connectivity index (χ1v) is 21.3. The van der Waals surface area contributed by atoms with Crippen LogP contribution in [0.1, 0.15) is 133 Å². The van der Waals surface area contributed by atoms with Crippen molar-refractivity contribution in [2.24, 2.45) is 0 Å². The topological polar surface area (TPSA) is 147 Å². The first-order valence-electron chi connectivity index (χ1n) is 20.5. The van der Waals surface area contributed by atoms with Crippen molar-refractivity contribution in [3.8, 4) is 17.0 Å². The van der Waals surface area contributed by atoms with Crippen LogP contribution >= 0.6 is 11.3 Å². The molecule has 4 amide bonds. The minimum absolute atomic E-state index is 0.0853. The maximum atomic E-state index is 14.5. The Bertz CT molecular complexity index is 1810. The van der Waals surface area contributed by atoms with E-state index in [1.165, 1.54) is 104 Å². The van der Waals surface area contributed by atoms with E-state index in [1.807, 2.05) is 6.07 Å². The average molecular weight is 804 g/mol. The van der Waals surface area contributed by atoms with Crippen LogP contribution in [-0.4, -0.2) is 72.3 Å². The number of methoxy groups -OCH3 is 1. The Morgan fingerprint density at radius 3 is 1.95 bits per heavy atom. The molecule has 2 N–H and O–H groups in total. The Balaban J connectivity index is 1.38. The van der Waals surface area contributed by atoms with Gasteiger partial charge < -0.3 is 25.0 Å². The Labute approximate surface area is 342 Å². The van der Waals surface area contributed by atoms with Crippen LogP contribution in [0.25, 0.3) is 11.3 Å². The highest BCUT2D eigenvalue weighted by Crippen LogP contribution is 2.36. The molecule has 1 aliphatic rings. The molecule has 13 heteroatoms. The lowest BCUT2D eigenvalue weighted by Crippen LogP contribution is -2.53. The number of imide groups is 1. The largest absolute Gasteiger partial charge is 0.495 e. The number of unbranched alkanes of at least 4 members (excludes halogenated alkanes) is 14. The number of hydrogen-bond acceptors (Lipinski definition) is 10. The minimum atomic E-state index is -1.95. The number of thiazole rings is 1. The van der Waals surface area contributed by atoms with Gasteiger partial charge in [0, 0.05) is 31.8 Å². The number of aromatic nitrogens is 1. The third-order valence-corrected chi connectivity index (χ3v) is 11.3. The average Bonchev–Trinajstić information content (AvgIpc) is 3.72. The van der Waals surface area contributed by atoms with Gasteiger partial charge in [0.25, 0.3) is 11.8 Å². The van der Waals surface area contributed by atoms with Gasteiger partial charge >= 0.3 is 6.09 Å². The summed E-state index contributed by atoms with van der Waals surface area (Å²) in [5.41, 5.74) is -0.139. The summed E-state index contributed by atoms with van der Waals surface area (Å²) in [6.45, 7) is 5.05. The number of hydrogen-bond donors (Lipinski definition) is 2. The molecule has 0 bridgehead atoms. The standard InChI is InChI=1S/C44H61N5O7S/c1-7-8-9-10-11-12-13-14-15-16-17-18-19-20-24-27-35(50)45-32-28-29-34(55-6)33(30-32)46-40(52)37(49-41(53)44(2,3)56-43(49)54)38(51)39-36(31-25-22-21-23-26-31)47-42(57-39)48(4)5/h21-23,25-26,28-30,37H,7-20,24,27H2,1-6H3,(H,45,50)(H,46,52). The zero-order valence-electron chi connectivity index (χ0n) is 34.6. The number of anilines is 3.